The number of pyridine rings is 1. The smallest absolute Gasteiger partial charge is 0.131 e. The van der Waals surface area contributed by atoms with Crippen LogP contribution in [0.2, 0.25) is 0 Å². The maximum absolute atomic E-state index is 5.84. The van der Waals surface area contributed by atoms with E-state index in [1.54, 1.807) is 13.3 Å². The van der Waals surface area contributed by atoms with E-state index in [4.69, 9.17) is 10.5 Å². The molecule has 0 amide bonds. The second-order valence-corrected chi connectivity index (χ2v) is 3.88. The molecule has 0 aliphatic heterocycles. The SMILES string of the molecule is COCCc1ccc(-c2cccnc2N)cc1. The molecule has 17 heavy (non-hydrogen) atoms. The van der Waals surface area contributed by atoms with Gasteiger partial charge in [-0.25, -0.2) is 4.98 Å². The molecule has 0 bridgehead atoms. The van der Waals surface area contributed by atoms with Gasteiger partial charge in [0.2, 0.25) is 0 Å². The van der Waals surface area contributed by atoms with Gasteiger partial charge in [-0.05, 0) is 29.7 Å². The van der Waals surface area contributed by atoms with Crippen LogP contribution in [0.4, 0.5) is 5.82 Å². The highest BCUT2D eigenvalue weighted by Crippen LogP contribution is 2.23. The highest BCUT2D eigenvalue weighted by molar-refractivity contribution is 5.73. The molecule has 0 saturated carbocycles. The fourth-order valence-electron chi connectivity index (χ4n) is 1.73. The Labute approximate surface area is 101 Å². The number of nitrogens with zero attached hydrogens (tertiary/aromatic N) is 1. The predicted molar refractivity (Wildman–Crippen MR) is 69.7 cm³/mol. The van der Waals surface area contributed by atoms with E-state index < -0.39 is 0 Å². The van der Waals surface area contributed by atoms with E-state index in [0.717, 1.165) is 24.2 Å². The molecule has 0 aliphatic carbocycles. The monoisotopic (exact) mass is 228 g/mol. The predicted octanol–water partition coefficient (Wildman–Crippen LogP) is 2.52. The van der Waals surface area contributed by atoms with Crippen LogP contribution in [0.15, 0.2) is 42.6 Å². The summed E-state index contributed by atoms with van der Waals surface area (Å²) >= 11 is 0. The molecule has 0 radical (unpaired) electrons. The first-order valence-electron chi connectivity index (χ1n) is 5.60. The van der Waals surface area contributed by atoms with Crippen molar-refractivity contribution in [3.8, 4) is 11.1 Å². The third-order valence-electron chi connectivity index (χ3n) is 2.70. The number of nitrogens with two attached hydrogens (primary N) is 1. The van der Waals surface area contributed by atoms with Crippen LogP contribution in [0.5, 0.6) is 0 Å². The van der Waals surface area contributed by atoms with Crippen molar-refractivity contribution in [2.24, 2.45) is 0 Å². The molecule has 0 aliphatic rings. The van der Waals surface area contributed by atoms with Gasteiger partial charge in [0.05, 0.1) is 6.61 Å². The molecular weight excluding hydrogens is 212 g/mol. The van der Waals surface area contributed by atoms with E-state index in [-0.39, 0.29) is 0 Å². The third kappa shape index (κ3) is 2.82. The molecule has 2 N–H and O–H groups in total. The first-order chi connectivity index (χ1) is 8.31. The maximum atomic E-state index is 5.84. The zero-order valence-electron chi connectivity index (χ0n) is 9.89. The minimum Gasteiger partial charge on any atom is -0.384 e. The molecule has 0 spiro atoms. The summed E-state index contributed by atoms with van der Waals surface area (Å²) in [5, 5.41) is 0. The molecule has 0 unspecified atom stereocenters. The van der Waals surface area contributed by atoms with Gasteiger partial charge < -0.3 is 10.5 Å². The summed E-state index contributed by atoms with van der Waals surface area (Å²) in [5.41, 5.74) is 9.17. The summed E-state index contributed by atoms with van der Waals surface area (Å²) in [7, 11) is 1.71. The van der Waals surface area contributed by atoms with Crippen LogP contribution in [0.3, 0.4) is 0 Å². The number of rotatable bonds is 4. The molecule has 0 atom stereocenters. The van der Waals surface area contributed by atoms with E-state index in [1.165, 1.54) is 5.56 Å². The van der Waals surface area contributed by atoms with Crippen molar-refractivity contribution in [2.45, 2.75) is 6.42 Å². The van der Waals surface area contributed by atoms with Crippen LogP contribution in [-0.4, -0.2) is 18.7 Å². The molecule has 0 saturated heterocycles. The highest BCUT2D eigenvalue weighted by atomic mass is 16.5. The summed E-state index contributed by atoms with van der Waals surface area (Å²) in [6.07, 6.45) is 2.63. The standard InChI is InChI=1S/C14H16N2O/c1-17-10-8-11-4-6-12(7-5-11)13-3-2-9-16-14(13)15/h2-7,9H,8,10H2,1H3,(H2,15,16). The average molecular weight is 228 g/mol. The van der Waals surface area contributed by atoms with Gasteiger partial charge in [0.1, 0.15) is 5.82 Å². The van der Waals surface area contributed by atoms with Gasteiger partial charge >= 0.3 is 0 Å². The Hall–Kier alpha value is -1.87. The molecule has 3 nitrogen and oxygen atoms in total. The van der Waals surface area contributed by atoms with Gasteiger partial charge in [-0.3, -0.25) is 0 Å². The molecule has 3 heteroatoms. The molecule has 1 heterocycles. The summed E-state index contributed by atoms with van der Waals surface area (Å²) < 4.78 is 5.05. The molecule has 0 fully saturated rings. The quantitative estimate of drug-likeness (QED) is 0.874. The van der Waals surface area contributed by atoms with Crippen molar-refractivity contribution in [2.75, 3.05) is 19.5 Å². The number of benzene rings is 1. The Morgan fingerprint density at radius 3 is 2.59 bits per heavy atom. The minimum absolute atomic E-state index is 0.567. The van der Waals surface area contributed by atoms with Gasteiger partial charge in [-0.2, -0.15) is 0 Å². The van der Waals surface area contributed by atoms with E-state index in [1.807, 2.05) is 12.1 Å². The van der Waals surface area contributed by atoms with Crippen LogP contribution in [-0.2, 0) is 11.2 Å². The second kappa shape index (κ2) is 5.46. The zero-order valence-corrected chi connectivity index (χ0v) is 9.89. The Kier molecular flexibility index (Phi) is 3.73. The summed E-state index contributed by atoms with van der Waals surface area (Å²) in [6.45, 7) is 0.744. The van der Waals surface area contributed by atoms with Crippen LogP contribution in [0.1, 0.15) is 5.56 Å². The molecule has 2 aromatic rings. The maximum Gasteiger partial charge on any atom is 0.131 e. The normalized spacial score (nSPS) is 10.4. The Balaban J connectivity index is 2.21. The number of methoxy groups -OCH3 is 1. The Bertz CT molecular complexity index is 480. The van der Waals surface area contributed by atoms with Crippen LogP contribution in [0, 0.1) is 0 Å². The first kappa shape index (κ1) is 11.6. The van der Waals surface area contributed by atoms with Crippen molar-refractivity contribution in [1.29, 1.82) is 0 Å². The fraction of sp³-hybridized carbons (Fsp3) is 0.214. The topological polar surface area (TPSA) is 48.1 Å². The van der Waals surface area contributed by atoms with Crippen molar-refractivity contribution in [3.63, 3.8) is 0 Å². The van der Waals surface area contributed by atoms with Crippen LogP contribution in [0.25, 0.3) is 11.1 Å². The number of nitrogen functional groups attached to an aromatic ring is 1. The lowest BCUT2D eigenvalue weighted by molar-refractivity contribution is 0.202. The first-order valence-corrected chi connectivity index (χ1v) is 5.60. The number of anilines is 1. The number of hydrogen-bond acceptors (Lipinski definition) is 3. The van der Waals surface area contributed by atoms with Gasteiger partial charge in [0.25, 0.3) is 0 Å². The summed E-state index contributed by atoms with van der Waals surface area (Å²) in [6, 6.07) is 12.2. The van der Waals surface area contributed by atoms with E-state index >= 15 is 0 Å². The van der Waals surface area contributed by atoms with Crippen molar-refractivity contribution < 1.29 is 4.74 Å². The van der Waals surface area contributed by atoms with Gasteiger partial charge in [0.15, 0.2) is 0 Å². The van der Waals surface area contributed by atoms with Gasteiger partial charge in [0, 0.05) is 18.9 Å². The van der Waals surface area contributed by atoms with Crippen molar-refractivity contribution >= 4 is 5.82 Å². The fourth-order valence-corrected chi connectivity index (χ4v) is 1.73. The highest BCUT2D eigenvalue weighted by Gasteiger charge is 2.02. The van der Waals surface area contributed by atoms with E-state index in [9.17, 15) is 0 Å². The van der Waals surface area contributed by atoms with Crippen molar-refractivity contribution in [3.05, 3.63) is 48.2 Å². The Morgan fingerprint density at radius 2 is 1.94 bits per heavy atom. The largest absolute Gasteiger partial charge is 0.384 e. The Morgan fingerprint density at radius 1 is 1.18 bits per heavy atom. The zero-order chi connectivity index (χ0) is 12.1. The number of aromatic nitrogens is 1. The lowest BCUT2D eigenvalue weighted by Crippen LogP contribution is -1.95. The molecule has 1 aromatic heterocycles. The molecule has 88 valence electrons. The van der Waals surface area contributed by atoms with E-state index in [0.29, 0.717) is 5.82 Å². The molecule has 2 rings (SSSR count). The van der Waals surface area contributed by atoms with Gasteiger partial charge in [-0.1, -0.05) is 24.3 Å². The number of ether oxygens (including phenoxy) is 1. The lowest BCUT2D eigenvalue weighted by atomic mass is 10.0. The van der Waals surface area contributed by atoms with Crippen LogP contribution >= 0.6 is 0 Å². The molecule has 1 aromatic carbocycles. The summed E-state index contributed by atoms with van der Waals surface area (Å²) in [4.78, 5) is 4.09. The summed E-state index contributed by atoms with van der Waals surface area (Å²) in [5.74, 6) is 0.567. The second-order valence-electron chi connectivity index (χ2n) is 3.88. The third-order valence-corrected chi connectivity index (χ3v) is 2.70. The molecular formula is C14H16N2O. The average Bonchev–Trinajstić information content (AvgIpc) is 2.38. The van der Waals surface area contributed by atoms with E-state index in [2.05, 4.69) is 29.2 Å². The lowest BCUT2D eigenvalue weighted by Gasteiger charge is -2.06. The number of hydrogen-bond donors (Lipinski definition) is 1. The van der Waals surface area contributed by atoms with Crippen LogP contribution < -0.4 is 5.73 Å². The van der Waals surface area contributed by atoms with Crippen molar-refractivity contribution in [1.82, 2.24) is 4.98 Å². The van der Waals surface area contributed by atoms with Gasteiger partial charge in [-0.15, -0.1) is 0 Å². The minimum atomic E-state index is 0.567.